The summed E-state index contributed by atoms with van der Waals surface area (Å²) in [5, 5.41) is 2.16. The maximum absolute atomic E-state index is 11.9. The minimum atomic E-state index is -4.45. The summed E-state index contributed by atoms with van der Waals surface area (Å²) in [7, 11) is 0. The van der Waals surface area contributed by atoms with Crippen molar-refractivity contribution in [3.8, 4) is 5.75 Å². The Kier molecular flexibility index (Phi) is 5.64. The summed E-state index contributed by atoms with van der Waals surface area (Å²) < 4.78 is 40.9. The number of alkyl halides is 3. The lowest BCUT2D eigenvalue weighted by atomic mass is 10.1. The Labute approximate surface area is 119 Å². The van der Waals surface area contributed by atoms with E-state index in [2.05, 4.69) is 0 Å². The standard InChI is InChI=1S/C12H14ClF3N2O2/c1-7(17)9-4-8(13)2-3-10(9)20-5-11(19)18-6-12(14,15)16/h2-4,7H,5-6,17H2,1H3,(H,18,19)/t7-/m0/s1. The average molecular weight is 311 g/mol. The van der Waals surface area contributed by atoms with Crippen LogP contribution in [0.4, 0.5) is 13.2 Å². The number of rotatable bonds is 5. The Morgan fingerprint density at radius 1 is 1.50 bits per heavy atom. The van der Waals surface area contributed by atoms with Crippen LogP contribution in [0.5, 0.6) is 5.75 Å². The van der Waals surface area contributed by atoms with Gasteiger partial charge >= 0.3 is 6.18 Å². The van der Waals surface area contributed by atoms with Crippen LogP contribution in [-0.4, -0.2) is 25.2 Å². The third kappa shape index (κ3) is 5.66. The van der Waals surface area contributed by atoms with Gasteiger partial charge in [-0.1, -0.05) is 11.6 Å². The molecule has 0 aliphatic heterocycles. The number of benzene rings is 1. The van der Waals surface area contributed by atoms with Gasteiger partial charge < -0.3 is 15.8 Å². The van der Waals surface area contributed by atoms with Crippen LogP contribution in [0.1, 0.15) is 18.5 Å². The normalized spacial score (nSPS) is 12.9. The Bertz CT molecular complexity index is 478. The third-order valence-electron chi connectivity index (χ3n) is 2.31. The van der Waals surface area contributed by atoms with Crippen molar-refractivity contribution in [3.05, 3.63) is 28.8 Å². The molecule has 0 radical (unpaired) electrons. The van der Waals surface area contributed by atoms with E-state index in [4.69, 9.17) is 22.1 Å². The number of amides is 1. The molecule has 20 heavy (non-hydrogen) atoms. The van der Waals surface area contributed by atoms with E-state index < -0.39 is 25.2 Å². The number of hydrogen-bond donors (Lipinski definition) is 2. The molecule has 0 aliphatic rings. The molecule has 0 aliphatic carbocycles. The van der Waals surface area contributed by atoms with Crippen molar-refractivity contribution < 1.29 is 22.7 Å². The van der Waals surface area contributed by atoms with Gasteiger partial charge in [-0.25, -0.2) is 0 Å². The summed E-state index contributed by atoms with van der Waals surface area (Å²) in [6.07, 6.45) is -4.45. The quantitative estimate of drug-likeness (QED) is 0.878. The molecule has 8 heteroatoms. The molecule has 0 saturated heterocycles. The molecular weight excluding hydrogens is 297 g/mol. The average Bonchev–Trinajstić information content (AvgIpc) is 2.33. The molecule has 0 heterocycles. The van der Waals surface area contributed by atoms with Crippen LogP contribution in [0.2, 0.25) is 5.02 Å². The summed E-state index contributed by atoms with van der Waals surface area (Å²) in [4.78, 5) is 11.2. The number of ether oxygens (including phenoxy) is 1. The lowest BCUT2D eigenvalue weighted by Gasteiger charge is -2.14. The lowest BCUT2D eigenvalue weighted by molar-refractivity contribution is -0.139. The van der Waals surface area contributed by atoms with Crippen molar-refractivity contribution in [3.63, 3.8) is 0 Å². The molecule has 1 amide bonds. The van der Waals surface area contributed by atoms with E-state index in [9.17, 15) is 18.0 Å². The Morgan fingerprint density at radius 3 is 2.70 bits per heavy atom. The largest absolute Gasteiger partial charge is 0.483 e. The first-order valence-corrected chi connectivity index (χ1v) is 6.08. The minimum absolute atomic E-state index is 0.312. The van der Waals surface area contributed by atoms with E-state index in [1.54, 1.807) is 18.3 Å². The predicted molar refractivity (Wildman–Crippen MR) is 68.6 cm³/mol. The summed E-state index contributed by atoms with van der Waals surface area (Å²) in [5.74, 6) is -0.556. The summed E-state index contributed by atoms with van der Waals surface area (Å²) in [6, 6.07) is 4.24. The lowest BCUT2D eigenvalue weighted by Crippen LogP contribution is -2.36. The van der Waals surface area contributed by atoms with Gasteiger partial charge in [0.25, 0.3) is 5.91 Å². The van der Waals surface area contributed by atoms with Crippen molar-refractivity contribution >= 4 is 17.5 Å². The fourth-order valence-electron chi connectivity index (χ4n) is 1.40. The second kappa shape index (κ2) is 6.81. The van der Waals surface area contributed by atoms with Gasteiger partial charge in [0.1, 0.15) is 12.3 Å². The molecule has 1 atom stereocenters. The fraction of sp³-hybridized carbons (Fsp3) is 0.417. The molecule has 0 unspecified atom stereocenters. The predicted octanol–water partition coefficient (Wildman–Crippen LogP) is 2.42. The van der Waals surface area contributed by atoms with Crippen molar-refractivity contribution in [2.24, 2.45) is 5.73 Å². The van der Waals surface area contributed by atoms with Gasteiger partial charge in [-0.05, 0) is 25.1 Å². The highest BCUT2D eigenvalue weighted by molar-refractivity contribution is 6.30. The first-order chi connectivity index (χ1) is 9.19. The van der Waals surface area contributed by atoms with Crippen LogP contribution < -0.4 is 15.8 Å². The molecule has 1 aromatic rings. The van der Waals surface area contributed by atoms with Gasteiger partial charge in [-0.15, -0.1) is 0 Å². The Hall–Kier alpha value is -1.47. The topological polar surface area (TPSA) is 64.3 Å². The van der Waals surface area contributed by atoms with Gasteiger partial charge in [0.2, 0.25) is 0 Å². The van der Waals surface area contributed by atoms with E-state index in [-0.39, 0.29) is 6.04 Å². The van der Waals surface area contributed by atoms with E-state index in [1.165, 1.54) is 12.1 Å². The number of carbonyl (C=O) groups is 1. The second-order valence-electron chi connectivity index (χ2n) is 4.15. The van der Waals surface area contributed by atoms with Crippen molar-refractivity contribution in [2.75, 3.05) is 13.2 Å². The summed E-state index contributed by atoms with van der Waals surface area (Å²) >= 11 is 5.81. The zero-order valence-corrected chi connectivity index (χ0v) is 11.4. The highest BCUT2D eigenvalue weighted by Crippen LogP contribution is 2.27. The van der Waals surface area contributed by atoms with Crippen LogP contribution in [-0.2, 0) is 4.79 Å². The molecule has 3 N–H and O–H groups in total. The van der Waals surface area contributed by atoms with Crippen molar-refractivity contribution in [1.29, 1.82) is 0 Å². The van der Waals surface area contributed by atoms with Crippen LogP contribution in [0.3, 0.4) is 0 Å². The number of hydrogen-bond acceptors (Lipinski definition) is 3. The zero-order chi connectivity index (χ0) is 15.3. The number of nitrogens with one attached hydrogen (secondary N) is 1. The minimum Gasteiger partial charge on any atom is -0.483 e. The molecule has 1 rings (SSSR count). The molecular formula is C12H14ClF3N2O2. The smallest absolute Gasteiger partial charge is 0.405 e. The van der Waals surface area contributed by atoms with Crippen molar-refractivity contribution in [1.82, 2.24) is 5.32 Å². The number of carbonyl (C=O) groups excluding carboxylic acids is 1. The molecule has 1 aromatic carbocycles. The molecule has 0 fully saturated rings. The zero-order valence-electron chi connectivity index (χ0n) is 10.6. The monoisotopic (exact) mass is 310 g/mol. The molecule has 0 saturated carbocycles. The van der Waals surface area contributed by atoms with Crippen molar-refractivity contribution in [2.45, 2.75) is 19.1 Å². The van der Waals surface area contributed by atoms with Crippen LogP contribution >= 0.6 is 11.6 Å². The van der Waals surface area contributed by atoms with Gasteiger partial charge in [0.05, 0.1) is 0 Å². The Balaban J connectivity index is 2.59. The maximum Gasteiger partial charge on any atom is 0.405 e. The summed E-state index contributed by atoms with van der Waals surface area (Å²) in [6.45, 7) is -0.227. The van der Waals surface area contributed by atoms with Crippen LogP contribution in [0.15, 0.2) is 18.2 Å². The van der Waals surface area contributed by atoms with Gasteiger partial charge in [0.15, 0.2) is 6.61 Å². The fourth-order valence-corrected chi connectivity index (χ4v) is 1.58. The first kappa shape index (κ1) is 16.6. The van der Waals surface area contributed by atoms with Gasteiger partial charge in [-0.2, -0.15) is 13.2 Å². The SMILES string of the molecule is C[C@H](N)c1cc(Cl)ccc1OCC(=O)NCC(F)(F)F. The van der Waals surface area contributed by atoms with E-state index in [0.717, 1.165) is 0 Å². The van der Waals surface area contributed by atoms with Crippen LogP contribution in [0, 0.1) is 0 Å². The highest BCUT2D eigenvalue weighted by Gasteiger charge is 2.27. The number of halogens is 4. The molecule has 0 aromatic heterocycles. The van der Waals surface area contributed by atoms with Crippen LogP contribution in [0.25, 0.3) is 0 Å². The maximum atomic E-state index is 11.9. The summed E-state index contributed by atoms with van der Waals surface area (Å²) in [5.41, 5.74) is 6.29. The highest BCUT2D eigenvalue weighted by atomic mass is 35.5. The molecule has 0 spiro atoms. The van der Waals surface area contributed by atoms with Gasteiger partial charge in [0, 0.05) is 16.6 Å². The Morgan fingerprint density at radius 2 is 2.15 bits per heavy atom. The number of nitrogens with two attached hydrogens (primary N) is 1. The second-order valence-corrected chi connectivity index (χ2v) is 4.59. The molecule has 4 nitrogen and oxygen atoms in total. The third-order valence-corrected chi connectivity index (χ3v) is 2.54. The van der Waals surface area contributed by atoms with E-state index in [1.807, 2.05) is 0 Å². The van der Waals surface area contributed by atoms with Gasteiger partial charge in [-0.3, -0.25) is 4.79 Å². The van der Waals surface area contributed by atoms with E-state index in [0.29, 0.717) is 16.3 Å². The molecule has 112 valence electrons. The van der Waals surface area contributed by atoms with E-state index >= 15 is 0 Å². The first-order valence-electron chi connectivity index (χ1n) is 5.70. The molecule has 0 bridgehead atoms.